The topological polar surface area (TPSA) is 135 Å². The van der Waals surface area contributed by atoms with Crippen LogP contribution in [0, 0.1) is 5.41 Å². The minimum absolute atomic E-state index is 0.0437. The number of carboxylic acids is 1. The Morgan fingerprint density at radius 1 is 1.16 bits per heavy atom. The Labute approximate surface area is 257 Å². The molecule has 0 spiro atoms. The van der Waals surface area contributed by atoms with Crippen LogP contribution < -0.4 is 15.1 Å². The molecule has 0 saturated carbocycles. The average molecular weight is 606 g/mol. The molecule has 0 bridgehead atoms. The summed E-state index contributed by atoms with van der Waals surface area (Å²) in [5.74, 6) is 0.592. The van der Waals surface area contributed by atoms with Crippen molar-refractivity contribution >= 4 is 40.5 Å². The Balaban J connectivity index is 1.26. The molecule has 0 aliphatic carbocycles. The highest BCUT2D eigenvalue weighted by molar-refractivity contribution is 5.91. The molecule has 1 unspecified atom stereocenters. The van der Waals surface area contributed by atoms with Gasteiger partial charge >= 0.3 is 12.1 Å². The lowest BCUT2D eigenvalue weighted by Gasteiger charge is -2.40. The normalized spacial score (nSPS) is 20.3. The number of anilines is 3. The molecule has 6 rings (SSSR count). The van der Waals surface area contributed by atoms with Crippen LogP contribution in [0.2, 0.25) is 0 Å². The van der Waals surface area contributed by atoms with Crippen molar-refractivity contribution in [2.45, 2.75) is 84.5 Å². The van der Waals surface area contributed by atoms with E-state index in [1.807, 2.05) is 37.7 Å². The van der Waals surface area contributed by atoms with Crippen LogP contribution in [0.5, 0.6) is 0 Å². The van der Waals surface area contributed by atoms with E-state index in [-0.39, 0.29) is 17.7 Å². The Morgan fingerprint density at radius 3 is 2.66 bits per heavy atom. The third-order valence-electron chi connectivity index (χ3n) is 8.85. The van der Waals surface area contributed by atoms with Gasteiger partial charge in [0.2, 0.25) is 0 Å². The number of nitrogens with zero attached hydrogens (tertiary/aromatic N) is 6. The van der Waals surface area contributed by atoms with Gasteiger partial charge in [0.05, 0.1) is 11.8 Å². The quantitative estimate of drug-likeness (QED) is 0.374. The van der Waals surface area contributed by atoms with Crippen molar-refractivity contribution in [2.75, 3.05) is 42.6 Å². The maximum absolute atomic E-state index is 12.2. The van der Waals surface area contributed by atoms with Gasteiger partial charge in [-0.15, -0.1) is 5.10 Å². The molecule has 44 heavy (non-hydrogen) atoms. The van der Waals surface area contributed by atoms with E-state index in [2.05, 4.69) is 22.0 Å². The molecule has 12 heteroatoms. The lowest BCUT2D eigenvalue weighted by atomic mass is 9.80. The number of amides is 1. The summed E-state index contributed by atoms with van der Waals surface area (Å²) in [6.07, 6.45) is 7.65. The lowest BCUT2D eigenvalue weighted by Crippen LogP contribution is -2.46. The van der Waals surface area contributed by atoms with Gasteiger partial charge in [-0.05, 0) is 94.9 Å². The molecule has 3 aromatic rings. The summed E-state index contributed by atoms with van der Waals surface area (Å²) in [5, 5.41) is 17.5. The van der Waals surface area contributed by atoms with Crippen LogP contribution in [0.25, 0.3) is 11.2 Å². The third-order valence-corrected chi connectivity index (χ3v) is 8.85. The molecule has 3 aliphatic rings. The molecule has 5 heterocycles. The maximum atomic E-state index is 12.2. The van der Waals surface area contributed by atoms with Crippen LogP contribution in [0.1, 0.15) is 88.4 Å². The van der Waals surface area contributed by atoms with E-state index in [9.17, 15) is 14.7 Å². The van der Waals surface area contributed by atoms with Gasteiger partial charge in [-0.25, -0.2) is 24.2 Å². The summed E-state index contributed by atoms with van der Waals surface area (Å²) in [4.78, 5) is 38.3. The second kappa shape index (κ2) is 11.9. The molecular formula is C32H43N7O5. The van der Waals surface area contributed by atoms with Crippen LogP contribution in [-0.2, 0) is 15.9 Å². The van der Waals surface area contributed by atoms with Crippen molar-refractivity contribution in [1.82, 2.24) is 25.1 Å². The van der Waals surface area contributed by atoms with Crippen molar-refractivity contribution in [1.29, 1.82) is 0 Å². The Hall–Kier alpha value is -3.93. The number of alkyl carbamates (subject to hydrolysis) is 1. The van der Waals surface area contributed by atoms with Crippen LogP contribution in [-0.4, -0.2) is 75.3 Å². The molecule has 3 aliphatic heterocycles. The molecule has 2 aromatic heterocycles. The van der Waals surface area contributed by atoms with E-state index >= 15 is 0 Å². The van der Waals surface area contributed by atoms with Gasteiger partial charge in [0, 0.05) is 38.5 Å². The first-order valence-corrected chi connectivity index (χ1v) is 15.7. The first-order chi connectivity index (χ1) is 21.0. The van der Waals surface area contributed by atoms with Crippen LogP contribution >= 0.6 is 0 Å². The minimum Gasteiger partial charge on any atom is -0.478 e. The smallest absolute Gasteiger partial charge is 0.407 e. The number of piperidine rings is 1. The molecule has 12 nitrogen and oxygen atoms in total. The number of hydrogen-bond donors (Lipinski definition) is 2. The number of nitrogens with one attached hydrogen (secondary N) is 1. The van der Waals surface area contributed by atoms with Gasteiger partial charge < -0.3 is 29.7 Å². The summed E-state index contributed by atoms with van der Waals surface area (Å²) >= 11 is 0. The standard InChI is InChI=1S/C32H43N7O5/c1-31(2,3)44-30(42)34-20-32(4)12-15-37(16-13-32)24-19-33-26-27(35-24)39(25-9-5-6-17-43-25)36-28(26)38-14-7-8-21-18-22(29(40)41)10-11-23(21)38/h10-11,18-19,25H,5-9,12-17,20H2,1-4H3,(H,34,42)(H,40,41). The van der Waals surface area contributed by atoms with E-state index in [1.54, 1.807) is 12.1 Å². The summed E-state index contributed by atoms with van der Waals surface area (Å²) < 4.78 is 13.5. The van der Waals surface area contributed by atoms with Crippen LogP contribution in [0.15, 0.2) is 24.4 Å². The fourth-order valence-corrected chi connectivity index (χ4v) is 6.34. The number of aromatic carboxylic acids is 1. The predicted octanol–water partition coefficient (Wildman–Crippen LogP) is 5.44. The number of aromatic nitrogens is 4. The average Bonchev–Trinajstić information content (AvgIpc) is 3.38. The minimum atomic E-state index is -0.926. The van der Waals surface area contributed by atoms with Gasteiger partial charge in [0.15, 0.2) is 23.2 Å². The molecular weight excluding hydrogens is 562 g/mol. The van der Waals surface area contributed by atoms with Gasteiger partial charge in [0.1, 0.15) is 11.4 Å². The first kappa shape index (κ1) is 30.1. The number of benzene rings is 1. The highest BCUT2D eigenvalue weighted by Gasteiger charge is 2.33. The predicted molar refractivity (Wildman–Crippen MR) is 167 cm³/mol. The van der Waals surface area contributed by atoms with Gasteiger partial charge in [-0.1, -0.05) is 6.92 Å². The number of rotatable bonds is 6. The summed E-state index contributed by atoms with van der Waals surface area (Å²) in [6.45, 7) is 11.4. The highest BCUT2D eigenvalue weighted by atomic mass is 16.6. The molecule has 1 amide bonds. The van der Waals surface area contributed by atoms with Crippen molar-refractivity contribution in [3.63, 3.8) is 0 Å². The summed E-state index contributed by atoms with van der Waals surface area (Å²) in [6, 6.07) is 5.30. The van der Waals surface area contributed by atoms with Gasteiger partial charge in [-0.3, -0.25) is 0 Å². The third kappa shape index (κ3) is 6.31. The highest BCUT2D eigenvalue weighted by Crippen LogP contribution is 2.39. The number of ether oxygens (including phenoxy) is 2. The Kier molecular flexibility index (Phi) is 8.12. The van der Waals surface area contributed by atoms with Crippen molar-refractivity contribution in [2.24, 2.45) is 5.41 Å². The van der Waals surface area contributed by atoms with Crippen LogP contribution in [0.3, 0.4) is 0 Å². The number of carbonyl (C=O) groups excluding carboxylic acids is 1. The molecule has 1 atom stereocenters. The molecule has 2 fully saturated rings. The van der Waals surface area contributed by atoms with Crippen molar-refractivity contribution in [3.05, 3.63) is 35.5 Å². The van der Waals surface area contributed by atoms with E-state index in [4.69, 9.17) is 24.5 Å². The van der Waals surface area contributed by atoms with Crippen LogP contribution in [0.4, 0.5) is 22.1 Å². The van der Waals surface area contributed by atoms with E-state index < -0.39 is 11.6 Å². The van der Waals surface area contributed by atoms with E-state index in [0.717, 1.165) is 87.5 Å². The number of carbonyl (C=O) groups is 2. The van der Waals surface area contributed by atoms with Gasteiger partial charge in [-0.2, -0.15) is 0 Å². The summed E-state index contributed by atoms with van der Waals surface area (Å²) in [5.41, 5.74) is 3.08. The first-order valence-electron chi connectivity index (χ1n) is 15.7. The fraction of sp³-hybridized carbons (Fsp3) is 0.594. The zero-order valence-corrected chi connectivity index (χ0v) is 26.1. The fourth-order valence-electron chi connectivity index (χ4n) is 6.34. The second-order valence-electron chi connectivity index (χ2n) is 13.5. The number of carboxylic acid groups (broad SMARTS) is 1. The Bertz CT molecular complexity index is 1530. The van der Waals surface area contributed by atoms with E-state index in [1.165, 1.54) is 0 Å². The molecule has 2 saturated heterocycles. The van der Waals surface area contributed by atoms with Crippen molar-refractivity contribution in [3.8, 4) is 0 Å². The van der Waals surface area contributed by atoms with Crippen molar-refractivity contribution < 1.29 is 24.2 Å². The SMILES string of the molecule is CC1(CNC(=O)OC(C)(C)C)CCN(c2cnc3c(N4CCCc5cc(C(=O)O)ccc54)nn(C4CCCCO4)c3n2)CC1. The van der Waals surface area contributed by atoms with E-state index in [0.29, 0.717) is 29.9 Å². The molecule has 0 radical (unpaired) electrons. The molecule has 1 aromatic carbocycles. The lowest BCUT2D eigenvalue weighted by molar-refractivity contribution is -0.0368. The number of fused-ring (bicyclic) bond motifs is 2. The maximum Gasteiger partial charge on any atom is 0.407 e. The second-order valence-corrected chi connectivity index (χ2v) is 13.5. The molecule has 236 valence electrons. The monoisotopic (exact) mass is 605 g/mol. The number of hydrogen-bond acceptors (Lipinski definition) is 9. The zero-order valence-electron chi connectivity index (χ0n) is 26.1. The molecule has 2 N–H and O–H groups in total. The largest absolute Gasteiger partial charge is 0.478 e. The van der Waals surface area contributed by atoms with Gasteiger partial charge in [0.25, 0.3) is 0 Å². The zero-order chi connectivity index (χ0) is 31.1. The summed E-state index contributed by atoms with van der Waals surface area (Å²) in [7, 11) is 0. The number of aryl methyl sites for hydroxylation is 1. The Morgan fingerprint density at radius 2 is 1.95 bits per heavy atom.